The molecule has 2 fully saturated rings. The minimum atomic E-state index is -1.10. The van der Waals surface area contributed by atoms with Crippen LogP contribution in [0.5, 0.6) is 0 Å². The Bertz CT molecular complexity index is 597. The topological polar surface area (TPSA) is 63.7 Å². The molecule has 1 heterocycles. The average molecular weight is 333 g/mol. The number of carbonyl (C=O) groups is 2. The van der Waals surface area contributed by atoms with Crippen molar-refractivity contribution in [3.8, 4) is 0 Å². The van der Waals surface area contributed by atoms with Gasteiger partial charge in [0.2, 0.25) is 5.91 Å². The van der Waals surface area contributed by atoms with Crippen LogP contribution in [-0.2, 0) is 9.59 Å². The van der Waals surface area contributed by atoms with E-state index >= 15 is 0 Å². The van der Waals surface area contributed by atoms with Gasteiger partial charge in [0.1, 0.15) is 5.82 Å². The highest BCUT2D eigenvalue weighted by atomic mass is 19.1. The number of halogens is 1. The zero-order chi connectivity index (χ0) is 17.1. The molecule has 1 saturated carbocycles. The molecule has 1 aliphatic heterocycles. The highest BCUT2D eigenvalue weighted by Crippen LogP contribution is 2.31. The quantitative estimate of drug-likeness (QED) is 0.829. The van der Waals surface area contributed by atoms with Crippen molar-refractivity contribution in [1.29, 1.82) is 0 Å². The van der Waals surface area contributed by atoms with Crippen LogP contribution in [-0.4, -0.2) is 43.0 Å². The van der Waals surface area contributed by atoms with E-state index in [1.54, 1.807) is 17.0 Å². The summed E-state index contributed by atoms with van der Waals surface area (Å²) < 4.78 is 13.0. The summed E-state index contributed by atoms with van der Waals surface area (Å²) >= 11 is 0. The Morgan fingerprint density at radius 2 is 1.54 bits per heavy atom. The second-order valence-electron chi connectivity index (χ2n) is 6.61. The second-order valence-corrected chi connectivity index (χ2v) is 6.61. The van der Waals surface area contributed by atoms with E-state index in [9.17, 15) is 19.1 Å². The number of nitrogens with zero attached hydrogens (tertiary/aromatic N) is 2. The summed E-state index contributed by atoms with van der Waals surface area (Å²) in [5, 5.41) is 11.3. The molecule has 0 radical (unpaired) electrons. The largest absolute Gasteiger partial charge is 0.550 e. The van der Waals surface area contributed by atoms with Crippen LogP contribution >= 0.6 is 0 Å². The molecule has 5 nitrogen and oxygen atoms in total. The SMILES string of the molecule is O=C([O-])[C@H]1CCCC[C@H]1C(=O)N1CCN(c2ccc(F)cc2)CC1. The van der Waals surface area contributed by atoms with Gasteiger partial charge in [0.25, 0.3) is 0 Å². The standard InChI is InChI=1S/C18H23FN2O3/c19-13-5-7-14(8-6-13)20-9-11-21(12-10-20)17(22)15-3-1-2-4-16(15)18(23)24/h5-8,15-16H,1-4,9-12H2,(H,23,24)/p-1/t15-,16+/m1/s1. The van der Waals surface area contributed by atoms with Gasteiger partial charge in [-0.25, -0.2) is 4.39 Å². The predicted octanol–water partition coefficient (Wildman–Crippen LogP) is 1.03. The van der Waals surface area contributed by atoms with Crippen LogP contribution < -0.4 is 10.0 Å². The van der Waals surface area contributed by atoms with Gasteiger partial charge in [-0.3, -0.25) is 4.79 Å². The van der Waals surface area contributed by atoms with Crippen molar-refractivity contribution < 1.29 is 19.1 Å². The van der Waals surface area contributed by atoms with Gasteiger partial charge in [-0.1, -0.05) is 12.8 Å². The Morgan fingerprint density at radius 1 is 0.958 bits per heavy atom. The number of carboxylic acid groups (broad SMARTS) is 1. The fraction of sp³-hybridized carbons (Fsp3) is 0.556. The van der Waals surface area contributed by atoms with Crippen LogP contribution in [0.25, 0.3) is 0 Å². The Labute approximate surface area is 141 Å². The van der Waals surface area contributed by atoms with Crippen molar-refractivity contribution in [2.24, 2.45) is 11.8 Å². The lowest BCUT2D eigenvalue weighted by Gasteiger charge is -2.40. The van der Waals surface area contributed by atoms with Crippen molar-refractivity contribution in [2.75, 3.05) is 31.1 Å². The van der Waals surface area contributed by atoms with E-state index < -0.39 is 17.8 Å². The van der Waals surface area contributed by atoms with E-state index in [-0.39, 0.29) is 11.7 Å². The Hall–Kier alpha value is -2.11. The molecular formula is C18H22FN2O3-. The first-order valence-corrected chi connectivity index (χ1v) is 8.56. The van der Waals surface area contributed by atoms with Crippen LogP contribution in [0.3, 0.4) is 0 Å². The molecule has 1 amide bonds. The lowest BCUT2D eigenvalue weighted by molar-refractivity contribution is -0.314. The molecule has 1 aromatic rings. The number of piperazine rings is 1. The predicted molar refractivity (Wildman–Crippen MR) is 85.6 cm³/mol. The van der Waals surface area contributed by atoms with Crippen molar-refractivity contribution in [2.45, 2.75) is 25.7 Å². The Balaban J connectivity index is 1.60. The van der Waals surface area contributed by atoms with Crippen molar-refractivity contribution in [3.63, 3.8) is 0 Å². The van der Waals surface area contributed by atoms with Gasteiger partial charge in [-0.2, -0.15) is 0 Å². The van der Waals surface area contributed by atoms with Crippen molar-refractivity contribution >= 4 is 17.6 Å². The van der Waals surface area contributed by atoms with Crippen molar-refractivity contribution in [3.05, 3.63) is 30.1 Å². The maximum absolute atomic E-state index is 13.0. The molecule has 0 N–H and O–H groups in total. The normalized spacial score (nSPS) is 24.7. The highest BCUT2D eigenvalue weighted by molar-refractivity contribution is 5.84. The molecule has 130 valence electrons. The third-order valence-electron chi connectivity index (χ3n) is 5.17. The first kappa shape index (κ1) is 16.7. The molecular weight excluding hydrogens is 311 g/mol. The van der Waals surface area contributed by atoms with Gasteiger partial charge in [0.05, 0.1) is 0 Å². The van der Waals surface area contributed by atoms with E-state index in [1.807, 2.05) is 0 Å². The first-order valence-electron chi connectivity index (χ1n) is 8.56. The molecule has 0 bridgehead atoms. The zero-order valence-corrected chi connectivity index (χ0v) is 13.6. The first-order chi connectivity index (χ1) is 11.6. The molecule has 1 aromatic carbocycles. The van der Waals surface area contributed by atoms with Gasteiger partial charge in [-0.05, 0) is 37.1 Å². The minimum Gasteiger partial charge on any atom is -0.550 e. The third kappa shape index (κ3) is 3.52. The Kier molecular flexibility index (Phi) is 5.02. The van der Waals surface area contributed by atoms with Crippen LogP contribution in [0, 0.1) is 17.7 Å². The molecule has 1 saturated heterocycles. The van der Waals surface area contributed by atoms with Crippen LogP contribution in [0.2, 0.25) is 0 Å². The number of amides is 1. The van der Waals surface area contributed by atoms with Gasteiger partial charge < -0.3 is 19.7 Å². The number of carboxylic acids is 1. The summed E-state index contributed by atoms with van der Waals surface area (Å²) in [6, 6.07) is 6.33. The smallest absolute Gasteiger partial charge is 0.226 e. The maximum Gasteiger partial charge on any atom is 0.226 e. The summed E-state index contributed by atoms with van der Waals surface area (Å²) in [6.45, 7) is 2.46. The zero-order valence-electron chi connectivity index (χ0n) is 13.6. The van der Waals surface area contributed by atoms with E-state index in [1.165, 1.54) is 12.1 Å². The molecule has 0 unspecified atom stereocenters. The van der Waals surface area contributed by atoms with E-state index in [2.05, 4.69) is 4.90 Å². The molecule has 24 heavy (non-hydrogen) atoms. The van der Waals surface area contributed by atoms with Gasteiger partial charge in [0, 0.05) is 49.7 Å². The van der Waals surface area contributed by atoms with Crippen molar-refractivity contribution in [1.82, 2.24) is 4.90 Å². The van der Waals surface area contributed by atoms with Gasteiger partial charge >= 0.3 is 0 Å². The number of rotatable bonds is 3. The van der Waals surface area contributed by atoms with Crippen LogP contribution in [0.4, 0.5) is 10.1 Å². The summed E-state index contributed by atoms with van der Waals surface area (Å²) in [5.41, 5.74) is 0.939. The van der Waals surface area contributed by atoms with Gasteiger partial charge in [-0.15, -0.1) is 0 Å². The Morgan fingerprint density at radius 3 is 2.12 bits per heavy atom. The monoisotopic (exact) mass is 333 g/mol. The summed E-state index contributed by atoms with van der Waals surface area (Å²) in [5.74, 6) is -2.51. The number of hydrogen-bond donors (Lipinski definition) is 0. The minimum absolute atomic E-state index is 0.0531. The fourth-order valence-electron chi connectivity index (χ4n) is 3.78. The third-order valence-corrected chi connectivity index (χ3v) is 5.17. The van der Waals surface area contributed by atoms with Crippen LogP contribution in [0.15, 0.2) is 24.3 Å². The lowest BCUT2D eigenvalue weighted by Crippen LogP contribution is -2.53. The maximum atomic E-state index is 13.0. The molecule has 2 aliphatic rings. The number of hydrogen-bond acceptors (Lipinski definition) is 4. The van der Waals surface area contributed by atoms with E-state index in [0.717, 1.165) is 18.5 Å². The molecule has 0 spiro atoms. The number of anilines is 1. The van der Waals surface area contributed by atoms with E-state index in [4.69, 9.17) is 0 Å². The van der Waals surface area contributed by atoms with Gasteiger partial charge in [0.15, 0.2) is 0 Å². The summed E-state index contributed by atoms with van der Waals surface area (Å²) in [6.07, 6.45) is 2.92. The molecule has 2 atom stereocenters. The molecule has 1 aliphatic carbocycles. The molecule has 3 rings (SSSR count). The highest BCUT2D eigenvalue weighted by Gasteiger charge is 2.35. The van der Waals surface area contributed by atoms with Crippen LogP contribution in [0.1, 0.15) is 25.7 Å². The fourth-order valence-corrected chi connectivity index (χ4v) is 3.78. The van der Waals surface area contributed by atoms with E-state index in [0.29, 0.717) is 39.0 Å². The number of aliphatic carboxylic acids is 1. The number of carbonyl (C=O) groups excluding carboxylic acids is 2. The molecule has 6 heteroatoms. The summed E-state index contributed by atoms with van der Waals surface area (Å²) in [7, 11) is 0. The average Bonchev–Trinajstić information content (AvgIpc) is 2.62. The molecule has 0 aromatic heterocycles. The second kappa shape index (κ2) is 7.20. The summed E-state index contributed by atoms with van der Waals surface area (Å²) in [4.78, 5) is 27.9. The lowest BCUT2D eigenvalue weighted by atomic mass is 9.78. The number of benzene rings is 1.